The van der Waals surface area contributed by atoms with Crippen LogP contribution in [0.2, 0.25) is 0 Å². The number of carbonyl (C=O) groups is 1. The summed E-state index contributed by atoms with van der Waals surface area (Å²) in [6, 6.07) is 12.8. The largest absolute Gasteiger partial charge is 0.497 e. The van der Waals surface area contributed by atoms with Crippen molar-refractivity contribution in [3.8, 4) is 28.4 Å². The van der Waals surface area contributed by atoms with Crippen molar-refractivity contribution in [1.29, 1.82) is 0 Å². The molecule has 0 aliphatic carbocycles. The third-order valence-electron chi connectivity index (χ3n) is 5.08. The number of fused-ring (bicyclic) bond motifs is 2. The molecule has 3 heterocycles. The number of aromatic nitrogens is 3. The fraction of sp³-hybridized carbons (Fsp3) is 0.136. The number of carboxylic acids is 1. The van der Waals surface area contributed by atoms with Crippen molar-refractivity contribution < 1.29 is 24.1 Å². The average molecular weight is 403 g/mol. The lowest BCUT2D eigenvalue weighted by molar-refractivity contribution is 0.0687. The van der Waals surface area contributed by atoms with Gasteiger partial charge in [-0.05, 0) is 35.4 Å². The van der Waals surface area contributed by atoms with Crippen LogP contribution in [0, 0.1) is 0 Å². The Labute approximate surface area is 171 Å². The van der Waals surface area contributed by atoms with Crippen molar-refractivity contribution in [2.75, 3.05) is 13.9 Å². The van der Waals surface area contributed by atoms with Gasteiger partial charge in [0, 0.05) is 17.1 Å². The van der Waals surface area contributed by atoms with Gasteiger partial charge in [0.2, 0.25) is 6.79 Å². The van der Waals surface area contributed by atoms with Crippen LogP contribution in [-0.2, 0) is 6.54 Å². The second-order valence-corrected chi connectivity index (χ2v) is 6.79. The minimum Gasteiger partial charge on any atom is -0.497 e. The maximum absolute atomic E-state index is 12.3. The van der Waals surface area contributed by atoms with Gasteiger partial charge in [0.15, 0.2) is 11.5 Å². The Balaban J connectivity index is 1.69. The fourth-order valence-corrected chi connectivity index (χ4v) is 3.73. The molecule has 0 atom stereocenters. The van der Waals surface area contributed by atoms with E-state index in [1.54, 1.807) is 30.0 Å². The number of hydrogen-bond acceptors (Lipinski definition) is 6. The maximum atomic E-state index is 12.3. The summed E-state index contributed by atoms with van der Waals surface area (Å²) in [6.07, 6.45) is 3.06. The SMILES string of the molecule is COc1ccc(-c2c(C(=O)O)n(Cc3ccc4c(c3)OCO4)c3ncncc23)cc1. The van der Waals surface area contributed by atoms with E-state index in [2.05, 4.69) is 9.97 Å². The summed E-state index contributed by atoms with van der Waals surface area (Å²) in [6.45, 7) is 0.488. The minimum atomic E-state index is -1.04. The van der Waals surface area contributed by atoms with E-state index >= 15 is 0 Å². The number of rotatable bonds is 5. The van der Waals surface area contributed by atoms with Crippen molar-refractivity contribution in [2.45, 2.75) is 6.54 Å². The lowest BCUT2D eigenvalue weighted by Crippen LogP contribution is -2.11. The van der Waals surface area contributed by atoms with Crippen LogP contribution in [0.3, 0.4) is 0 Å². The number of carboxylic acid groups (broad SMARTS) is 1. The fourth-order valence-electron chi connectivity index (χ4n) is 3.73. The van der Waals surface area contributed by atoms with Gasteiger partial charge in [-0.15, -0.1) is 0 Å². The van der Waals surface area contributed by atoms with Gasteiger partial charge in [0.1, 0.15) is 23.4 Å². The van der Waals surface area contributed by atoms with E-state index < -0.39 is 5.97 Å². The Kier molecular flexibility index (Phi) is 4.24. The molecule has 0 bridgehead atoms. The molecule has 8 heteroatoms. The summed E-state index contributed by atoms with van der Waals surface area (Å²) < 4.78 is 17.7. The Morgan fingerprint density at radius 3 is 2.73 bits per heavy atom. The summed E-state index contributed by atoms with van der Waals surface area (Å²) in [5, 5.41) is 10.8. The van der Waals surface area contributed by atoms with Crippen LogP contribution in [0.25, 0.3) is 22.2 Å². The Hall–Kier alpha value is -4.07. The van der Waals surface area contributed by atoms with Crippen LogP contribution in [0.15, 0.2) is 55.0 Å². The third kappa shape index (κ3) is 2.89. The molecule has 0 amide bonds. The van der Waals surface area contributed by atoms with E-state index in [1.807, 2.05) is 30.3 Å². The molecule has 2 aromatic carbocycles. The first kappa shape index (κ1) is 18.0. The normalized spacial score (nSPS) is 12.3. The molecule has 1 aliphatic rings. The molecule has 5 rings (SSSR count). The zero-order chi connectivity index (χ0) is 20.7. The van der Waals surface area contributed by atoms with Crippen molar-refractivity contribution >= 4 is 17.0 Å². The molecule has 1 aliphatic heterocycles. The zero-order valence-corrected chi connectivity index (χ0v) is 16.0. The van der Waals surface area contributed by atoms with Crippen LogP contribution >= 0.6 is 0 Å². The molecule has 30 heavy (non-hydrogen) atoms. The van der Waals surface area contributed by atoms with E-state index in [-0.39, 0.29) is 12.5 Å². The first-order valence-corrected chi connectivity index (χ1v) is 9.24. The molecule has 4 aromatic rings. The standard InChI is InChI=1S/C22H17N3O5/c1-28-15-5-3-14(4-6-15)19-16-9-23-11-24-21(16)25(20(19)22(26)27)10-13-2-7-17-18(8-13)30-12-29-17/h2-9,11H,10,12H2,1H3,(H,26,27). The molecule has 0 spiro atoms. The van der Waals surface area contributed by atoms with Crippen molar-refractivity contribution in [1.82, 2.24) is 14.5 Å². The topological polar surface area (TPSA) is 95.7 Å². The molecule has 0 radical (unpaired) electrons. The van der Waals surface area contributed by atoms with Crippen LogP contribution in [0.1, 0.15) is 16.1 Å². The highest BCUT2D eigenvalue weighted by molar-refractivity contribution is 6.07. The second-order valence-electron chi connectivity index (χ2n) is 6.79. The molecular formula is C22H17N3O5. The van der Waals surface area contributed by atoms with Gasteiger partial charge < -0.3 is 23.9 Å². The lowest BCUT2D eigenvalue weighted by Gasteiger charge is -2.10. The van der Waals surface area contributed by atoms with Crippen molar-refractivity contribution in [2.24, 2.45) is 0 Å². The molecule has 0 fully saturated rings. The molecular weight excluding hydrogens is 386 g/mol. The Bertz CT molecular complexity index is 1260. The predicted molar refractivity (Wildman–Crippen MR) is 108 cm³/mol. The van der Waals surface area contributed by atoms with Crippen molar-refractivity contribution in [3.05, 3.63) is 66.2 Å². The van der Waals surface area contributed by atoms with E-state index in [9.17, 15) is 9.90 Å². The van der Waals surface area contributed by atoms with E-state index in [0.717, 1.165) is 11.1 Å². The highest BCUT2D eigenvalue weighted by Crippen LogP contribution is 2.37. The van der Waals surface area contributed by atoms with Gasteiger partial charge in [-0.25, -0.2) is 14.8 Å². The maximum Gasteiger partial charge on any atom is 0.353 e. The van der Waals surface area contributed by atoms with E-state index in [1.165, 1.54) is 6.33 Å². The summed E-state index contributed by atoms with van der Waals surface area (Å²) in [7, 11) is 1.59. The monoisotopic (exact) mass is 403 g/mol. The quantitative estimate of drug-likeness (QED) is 0.544. The first-order valence-electron chi connectivity index (χ1n) is 9.24. The summed E-state index contributed by atoms with van der Waals surface area (Å²) in [5.74, 6) is 0.970. The van der Waals surface area contributed by atoms with Crippen LogP contribution in [0.5, 0.6) is 17.2 Å². The first-order chi connectivity index (χ1) is 14.7. The van der Waals surface area contributed by atoms with E-state index in [0.29, 0.717) is 40.4 Å². The smallest absolute Gasteiger partial charge is 0.353 e. The molecule has 0 unspecified atom stereocenters. The van der Waals surface area contributed by atoms with Gasteiger partial charge in [0.05, 0.1) is 13.7 Å². The number of ether oxygens (including phenoxy) is 3. The molecule has 8 nitrogen and oxygen atoms in total. The molecule has 150 valence electrons. The highest BCUT2D eigenvalue weighted by Gasteiger charge is 2.25. The van der Waals surface area contributed by atoms with Gasteiger partial charge in [0.25, 0.3) is 0 Å². The van der Waals surface area contributed by atoms with Gasteiger partial charge in [-0.2, -0.15) is 0 Å². The Morgan fingerprint density at radius 2 is 1.97 bits per heavy atom. The number of benzene rings is 2. The number of aromatic carboxylic acids is 1. The summed E-state index contributed by atoms with van der Waals surface area (Å²) in [5.41, 5.74) is 2.89. The number of methoxy groups -OCH3 is 1. The molecule has 0 saturated carbocycles. The molecule has 1 N–H and O–H groups in total. The van der Waals surface area contributed by atoms with Crippen LogP contribution in [-0.4, -0.2) is 39.5 Å². The average Bonchev–Trinajstić information content (AvgIpc) is 3.36. The molecule has 2 aromatic heterocycles. The van der Waals surface area contributed by atoms with Crippen LogP contribution < -0.4 is 14.2 Å². The van der Waals surface area contributed by atoms with Gasteiger partial charge in [-0.1, -0.05) is 18.2 Å². The number of hydrogen-bond donors (Lipinski definition) is 1. The third-order valence-corrected chi connectivity index (χ3v) is 5.08. The summed E-state index contributed by atoms with van der Waals surface area (Å²) in [4.78, 5) is 20.9. The predicted octanol–water partition coefficient (Wildman–Crippen LogP) is 3.58. The highest BCUT2D eigenvalue weighted by atomic mass is 16.7. The van der Waals surface area contributed by atoms with E-state index in [4.69, 9.17) is 14.2 Å². The minimum absolute atomic E-state index is 0.147. The number of nitrogens with zero attached hydrogens (tertiary/aromatic N) is 3. The van der Waals surface area contributed by atoms with Crippen molar-refractivity contribution in [3.63, 3.8) is 0 Å². The summed E-state index contributed by atoms with van der Waals surface area (Å²) >= 11 is 0. The Morgan fingerprint density at radius 1 is 1.17 bits per heavy atom. The van der Waals surface area contributed by atoms with Crippen LogP contribution in [0.4, 0.5) is 0 Å². The lowest BCUT2D eigenvalue weighted by atomic mass is 10.0. The molecule has 0 saturated heterocycles. The zero-order valence-electron chi connectivity index (χ0n) is 16.0. The second kappa shape index (κ2) is 7.07. The van der Waals surface area contributed by atoms with Gasteiger partial charge in [-0.3, -0.25) is 0 Å². The van der Waals surface area contributed by atoms with Gasteiger partial charge >= 0.3 is 5.97 Å².